The lowest BCUT2D eigenvalue weighted by atomic mass is 9.95. The van der Waals surface area contributed by atoms with Crippen molar-refractivity contribution in [3.05, 3.63) is 0 Å². The van der Waals surface area contributed by atoms with Gasteiger partial charge in [0.1, 0.15) is 6.10 Å². The average molecular weight is 141 g/mol. The molecule has 2 aliphatic rings. The highest BCUT2D eigenvalue weighted by molar-refractivity contribution is 5.72. The first-order chi connectivity index (χ1) is 4.86. The minimum Gasteiger partial charge on any atom is -0.461 e. The molecule has 3 heteroatoms. The molecule has 2 rings (SSSR count). The number of carbonyl (C=O) groups is 1. The Morgan fingerprint density at radius 2 is 2.50 bits per heavy atom. The molecule has 2 aliphatic heterocycles. The van der Waals surface area contributed by atoms with Gasteiger partial charge in [0.2, 0.25) is 0 Å². The Balaban J connectivity index is 2.04. The normalized spacial score (nSPS) is 39.0. The number of hydrogen-bond donors (Lipinski definition) is 1. The second-order valence-corrected chi connectivity index (χ2v) is 2.99. The van der Waals surface area contributed by atoms with Crippen LogP contribution in [0.5, 0.6) is 0 Å². The van der Waals surface area contributed by atoms with Crippen molar-refractivity contribution in [3.63, 3.8) is 0 Å². The zero-order valence-electron chi connectivity index (χ0n) is 5.80. The molecule has 0 aromatic heterocycles. The van der Waals surface area contributed by atoms with Gasteiger partial charge in [-0.1, -0.05) is 0 Å². The van der Waals surface area contributed by atoms with Crippen molar-refractivity contribution < 1.29 is 9.53 Å². The molecule has 2 atom stereocenters. The Labute approximate surface area is 59.7 Å². The molecule has 2 saturated heterocycles. The lowest BCUT2D eigenvalue weighted by molar-refractivity contribution is -0.141. The van der Waals surface area contributed by atoms with Crippen molar-refractivity contribution in [1.82, 2.24) is 5.32 Å². The van der Waals surface area contributed by atoms with E-state index in [0.717, 1.165) is 19.5 Å². The minimum atomic E-state index is -0.0151. The SMILES string of the molecule is O=C1C[C@H]2CCNC[C@H]2O1. The quantitative estimate of drug-likeness (QED) is 0.479. The zero-order chi connectivity index (χ0) is 6.97. The molecular formula is C7H11NO2. The maximum atomic E-state index is 10.8. The van der Waals surface area contributed by atoms with Crippen LogP contribution in [0.15, 0.2) is 0 Å². The van der Waals surface area contributed by atoms with E-state index in [0.29, 0.717) is 12.3 Å². The third-order valence-corrected chi connectivity index (χ3v) is 2.27. The largest absolute Gasteiger partial charge is 0.461 e. The predicted octanol–water partition coefficient (Wildman–Crippen LogP) is -0.0886. The van der Waals surface area contributed by atoms with E-state index in [2.05, 4.69) is 5.32 Å². The zero-order valence-corrected chi connectivity index (χ0v) is 5.80. The van der Waals surface area contributed by atoms with Crippen LogP contribution in [0.25, 0.3) is 0 Å². The van der Waals surface area contributed by atoms with Crippen LogP contribution in [0.1, 0.15) is 12.8 Å². The minimum absolute atomic E-state index is 0.0151. The molecule has 0 aliphatic carbocycles. The van der Waals surface area contributed by atoms with E-state index in [1.165, 1.54) is 0 Å². The van der Waals surface area contributed by atoms with Gasteiger partial charge in [0.25, 0.3) is 0 Å². The second-order valence-electron chi connectivity index (χ2n) is 2.99. The molecule has 0 aromatic carbocycles. The second kappa shape index (κ2) is 2.23. The summed E-state index contributed by atoms with van der Waals surface area (Å²) in [6.07, 6.45) is 1.92. The smallest absolute Gasteiger partial charge is 0.306 e. The topological polar surface area (TPSA) is 38.3 Å². The summed E-state index contributed by atoms with van der Waals surface area (Å²) in [5.74, 6) is 0.493. The van der Waals surface area contributed by atoms with Gasteiger partial charge >= 0.3 is 5.97 Å². The van der Waals surface area contributed by atoms with E-state index >= 15 is 0 Å². The summed E-state index contributed by atoms with van der Waals surface area (Å²) >= 11 is 0. The Morgan fingerprint density at radius 3 is 3.30 bits per heavy atom. The van der Waals surface area contributed by atoms with Gasteiger partial charge in [-0.3, -0.25) is 4.79 Å². The number of carbonyl (C=O) groups excluding carboxylic acids is 1. The number of esters is 1. The maximum absolute atomic E-state index is 10.8. The van der Waals surface area contributed by atoms with Crippen LogP contribution in [0.3, 0.4) is 0 Å². The summed E-state index contributed by atoms with van der Waals surface area (Å²) in [4.78, 5) is 10.8. The summed E-state index contributed by atoms with van der Waals surface area (Å²) in [5.41, 5.74) is 0. The van der Waals surface area contributed by atoms with Crippen LogP contribution in [-0.2, 0) is 9.53 Å². The summed E-state index contributed by atoms with van der Waals surface area (Å²) in [5, 5.41) is 3.20. The van der Waals surface area contributed by atoms with Gasteiger partial charge in [-0.25, -0.2) is 0 Å². The Kier molecular flexibility index (Phi) is 1.38. The van der Waals surface area contributed by atoms with Crippen LogP contribution in [0, 0.1) is 5.92 Å². The first-order valence-corrected chi connectivity index (χ1v) is 3.76. The van der Waals surface area contributed by atoms with Crippen molar-refractivity contribution in [3.8, 4) is 0 Å². The van der Waals surface area contributed by atoms with E-state index in [-0.39, 0.29) is 12.1 Å². The maximum Gasteiger partial charge on any atom is 0.306 e. The van der Waals surface area contributed by atoms with Gasteiger partial charge in [-0.2, -0.15) is 0 Å². The Bertz CT molecular complexity index is 142. The summed E-state index contributed by atoms with van der Waals surface area (Å²) in [6.45, 7) is 1.90. The highest BCUT2D eigenvalue weighted by atomic mass is 16.6. The molecule has 0 aromatic rings. The van der Waals surface area contributed by atoms with Crippen LogP contribution in [-0.4, -0.2) is 25.2 Å². The van der Waals surface area contributed by atoms with Crippen LogP contribution in [0.4, 0.5) is 0 Å². The summed E-state index contributed by atoms with van der Waals surface area (Å²) < 4.78 is 5.06. The number of nitrogens with one attached hydrogen (secondary N) is 1. The van der Waals surface area contributed by atoms with Crippen LogP contribution >= 0.6 is 0 Å². The molecule has 1 N–H and O–H groups in total. The molecule has 0 amide bonds. The number of piperidine rings is 1. The lowest BCUT2D eigenvalue weighted by Crippen LogP contribution is -2.38. The molecular weight excluding hydrogens is 130 g/mol. The molecule has 10 heavy (non-hydrogen) atoms. The average Bonchev–Trinajstić information content (AvgIpc) is 2.27. The van der Waals surface area contributed by atoms with E-state index in [1.54, 1.807) is 0 Å². The fourth-order valence-electron chi connectivity index (χ4n) is 1.69. The van der Waals surface area contributed by atoms with Crippen molar-refractivity contribution in [1.29, 1.82) is 0 Å². The number of fused-ring (bicyclic) bond motifs is 1. The van der Waals surface area contributed by atoms with Gasteiger partial charge in [-0.15, -0.1) is 0 Å². The molecule has 2 heterocycles. The molecule has 56 valence electrons. The Morgan fingerprint density at radius 1 is 1.60 bits per heavy atom. The van der Waals surface area contributed by atoms with Gasteiger partial charge in [0, 0.05) is 12.5 Å². The predicted molar refractivity (Wildman–Crippen MR) is 35.5 cm³/mol. The van der Waals surface area contributed by atoms with E-state index < -0.39 is 0 Å². The Hall–Kier alpha value is -0.570. The summed E-state index contributed by atoms with van der Waals surface area (Å²) in [6, 6.07) is 0. The van der Waals surface area contributed by atoms with Gasteiger partial charge in [0.15, 0.2) is 0 Å². The third kappa shape index (κ3) is 0.904. The lowest BCUT2D eigenvalue weighted by Gasteiger charge is -2.23. The molecule has 0 spiro atoms. The van der Waals surface area contributed by atoms with Crippen molar-refractivity contribution in [2.24, 2.45) is 5.92 Å². The highest BCUT2D eigenvalue weighted by Crippen LogP contribution is 2.26. The van der Waals surface area contributed by atoms with Crippen molar-refractivity contribution in [2.45, 2.75) is 18.9 Å². The fraction of sp³-hybridized carbons (Fsp3) is 0.857. The molecule has 0 saturated carbocycles. The van der Waals surface area contributed by atoms with Crippen LogP contribution < -0.4 is 5.32 Å². The van der Waals surface area contributed by atoms with Crippen molar-refractivity contribution >= 4 is 5.97 Å². The molecule has 0 bridgehead atoms. The molecule has 2 fully saturated rings. The molecule has 0 unspecified atom stereocenters. The van der Waals surface area contributed by atoms with Gasteiger partial charge in [0.05, 0.1) is 6.42 Å². The fourth-order valence-corrected chi connectivity index (χ4v) is 1.69. The van der Waals surface area contributed by atoms with Crippen molar-refractivity contribution in [2.75, 3.05) is 13.1 Å². The monoisotopic (exact) mass is 141 g/mol. The first-order valence-electron chi connectivity index (χ1n) is 3.76. The third-order valence-electron chi connectivity index (χ3n) is 2.27. The highest BCUT2D eigenvalue weighted by Gasteiger charge is 2.35. The number of hydrogen-bond acceptors (Lipinski definition) is 3. The summed E-state index contributed by atoms with van der Waals surface area (Å²) in [7, 11) is 0. The first kappa shape index (κ1) is 6.16. The molecule has 3 nitrogen and oxygen atoms in total. The number of rotatable bonds is 0. The van der Waals surface area contributed by atoms with Gasteiger partial charge in [-0.05, 0) is 13.0 Å². The van der Waals surface area contributed by atoms with E-state index in [1.807, 2.05) is 0 Å². The standard InChI is InChI=1S/C7H11NO2/c9-7-3-5-1-2-8-4-6(5)10-7/h5-6,8H,1-4H2/t5-,6-/m1/s1. The number of ether oxygens (including phenoxy) is 1. The van der Waals surface area contributed by atoms with Crippen LogP contribution in [0.2, 0.25) is 0 Å². The van der Waals surface area contributed by atoms with E-state index in [4.69, 9.17) is 4.74 Å². The molecule has 0 radical (unpaired) electrons. The van der Waals surface area contributed by atoms with Gasteiger partial charge < -0.3 is 10.1 Å². The van der Waals surface area contributed by atoms with E-state index in [9.17, 15) is 4.79 Å².